The average molecular weight is 355 g/mol. The Hall–Kier alpha value is -1.80. The van der Waals surface area contributed by atoms with Gasteiger partial charge in [-0.3, -0.25) is 4.79 Å². The molecule has 1 N–H and O–H groups in total. The van der Waals surface area contributed by atoms with Crippen LogP contribution in [0.4, 0.5) is 14.5 Å². The molecule has 0 radical (unpaired) electrons. The largest absolute Gasteiger partial charge is 0.368 e. The number of hydrogen-bond acceptors (Lipinski definition) is 3. The molecule has 1 atom stereocenters. The maximum Gasteiger partial charge on any atom is 0.251 e. The second-order valence-corrected chi connectivity index (χ2v) is 6.29. The average Bonchev–Trinajstić information content (AvgIpc) is 3.07. The third kappa shape index (κ3) is 3.99. The van der Waals surface area contributed by atoms with Gasteiger partial charge in [0.25, 0.3) is 5.91 Å². The van der Waals surface area contributed by atoms with Crippen molar-refractivity contribution >= 4 is 28.9 Å². The van der Waals surface area contributed by atoms with E-state index in [2.05, 4.69) is 5.32 Å². The van der Waals surface area contributed by atoms with Crippen molar-refractivity contribution in [3.63, 3.8) is 0 Å². The minimum absolute atomic E-state index is 0.0400. The van der Waals surface area contributed by atoms with Crippen LogP contribution in [0.25, 0.3) is 0 Å². The zero-order chi connectivity index (χ0) is 17.1. The summed E-state index contributed by atoms with van der Waals surface area (Å²) >= 11 is 5.30. The number of rotatable bonds is 2. The SMILES string of the molecule is O=C([C@@H]1CCCO1)N1CCN(C(=S)Nc2cc(F)cc(F)c2)CC1. The molecule has 2 saturated heterocycles. The molecule has 0 spiro atoms. The normalized spacial score (nSPS) is 21.0. The third-order valence-electron chi connectivity index (χ3n) is 4.20. The Morgan fingerprint density at radius 3 is 2.33 bits per heavy atom. The molecule has 2 aliphatic rings. The van der Waals surface area contributed by atoms with Gasteiger partial charge in [-0.25, -0.2) is 8.78 Å². The third-order valence-corrected chi connectivity index (χ3v) is 4.56. The molecule has 1 aromatic rings. The van der Waals surface area contributed by atoms with Crippen LogP contribution in [0.2, 0.25) is 0 Å². The fraction of sp³-hybridized carbons (Fsp3) is 0.500. The lowest BCUT2D eigenvalue weighted by atomic mass is 10.2. The summed E-state index contributed by atoms with van der Waals surface area (Å²) in [5.74, 6) is -1.28. The van der Waals surface area contributed by atoms with E-state index in [1.54, 1.807) is 4.90 Å². The van der Waals surface area contributed by atoms with E-state index in [1.165, 1.54) is 12.1 Å². The molecule has 130 valence electrons. The standard InChI is InChI=1S/C16H19F2N3O2S/c17-11-8-12(18)10-13(9-11)19-16(24)21-5-3-20(4-6-21)15(22)14-2-1-7-23-14/h8-10,14H,1-7H2,(H,19,24)/t14-/m0/s1. The van der Waals surface area contributed by atoms with E-state index in [9.17, 15) is 13.6 Å². The summed E-state index contributed by atoms with van der Waals surface area (Å²) in [6, 6.07) is 3.18. The second kappa shape index (κ2) is 7.40. The van der Waals surface area contributed by atoms with E-state index in [1.807, 2.05) is 4.90 Å². The van der Waals surface area contributed by atoms with E-state index >= 15 is 0 Å². The summed E-state index contributed by atoms with van der Waals surface area (Å²) < 4.78 is 31.9. The first kappa shape index (κ1) is 17.0. The van der Waals surface area contributed by atoms with Gasteiger partial charge < -0.3 is 19.9 Å². The minimum Gasteiger partial charge on any atom is -0.368 e. The maximum atomic E-state index is 13.2. The number of benzene rings is 1. The van der Waals surface area contributed by atoms with Crippen LogP contribution in [-0.2, 0) is 9.53 Å². The smallest absolute Gasteiger partial charge is 0.251 e. The number of carbonyl (C=O) groups excluding carboxylic acids is 1. The van der Waals surface area contributed by atoms with Gasteiger partial charge in [0.15, 0.2) is 5.11 Å². The number of amides is 1. The first-order valence-corrected chi connectivity index (χ1v) is 8.36. The monoisotopic (exact) mass is 355 g/mol. The van der Waals surface area contributed by atoms with Crippen LogP contribution in [0, 0.1) is 11.6 Å². The fourth-order valence-electron chi connectivity index (χ4n) is 2.93. The van der Waals surface area contributed by atoms with Gasteiger partial charge in [-0.05, 0) is 37.2 Å². The Balaban J connectivity index is 1.52. The van der Waals surface area contributed by atoms with Gasteiger partial charge in [-0.2, -0.15) is 0 Å². The van der Waals surface area contributed by atoms with Crippen LogP contribution in [0.3, 0.4) is 0 Å². The van der Waals surface area contributed by atoms with Crippen molar-refractivity contribution < 1.29 is 18.3 Å². The predicted molar refractivity (Wildman–Crippen MR) is 89.7 cm³/mol. The molecule has 2 fully saturated rings. The first-order valence-electron chi connectivity index (χ1n) is 7.95. The first-order chi connectivity index (χ1) is 11.5. The maximum absolute atomic E-state index is 13.2. The van der Waals surface area contributed by atoms with Crippen molar-refractivity contribution in [2.75, 3.05) is 38.1 Å². The van der Waals surface area contributed by atoms with Crippen LogP contribution >= 0.6 is 12.2 Å². The Labute approximate surface area is 144 Å². The van der Waals surface area contributed by atoms with Crippen molar-refractivity contribution in [1.29, 1.82) is 0 Å². The van der Waals surface area contributed by atoms with Gasteiger partial charge in [0.1, 0.15) is 17.7 Å². The number of hydrogen-bond donors (Lipinski definition) is 1. The van der Waals surface area contributed by atoms with Gasteiger partial charge in [0, 0.05) is 44.5 Å². The Bertz CT molecular complexity index is 609. The highest BCUT2D eigenvalue weighted by atomic mass is 32.1. The van der Waals surface area contributed by atoms with Crippen LogP contribution in [0.1, 0.15) is 12.8 Å². The van der Waals surface area contributed by atoms with Crippen molar-refractivity contribution in [1.82, 2.24) is 9.80 Å². The van der Waals surface area contributed by atoms with Gasteiger partial charge in [0.2, 0.25) is 0 Å². The summed E-state index contributed by atoms with van der Waals surface area (Å²) in [7, 11) is 0. The van der Waals surface area contributed by atoms with Crippen LogP contribution in [0.15, 0.2) is 18.2 Å². The van der Waals surface area contributed by atoms with E-state index in [0.29, 0.717) is 37.9 Å². The number of ether oxygens (including phenoxy) is 1. The molecule has 3 rings (SSSR count). The molecule has 24 heavy (non-hydrogen) atoms. The number of thiocarbonyl (C=S) groups is 1. The van der Waals surface area contributed by atoms with E-state index in [0.717, 1.165) is 18.9 Å². The van der Waals surface area contributed by atoms with Crippen LogP contribution in [0.5, 0.6) is 0 Å². The molecular weight excluding hydrogens is 336 g/mol. The highest BCUT2D eigenvalue weighted by Crippen LogP contribution is 2.17. The van der Waals surface area contributed by atoms with Crippen molar-refractivity contribution in [3.8, 4) is 0 Å². The van der Waals surface area contributed by atoms with Crippen molar-refractivity contribution in [2.24, 2.45) is 0 Å². The summed E-state index contributed by atoms with van der Waals surface area (Å²) in [6.45, 7) is 2.90. The second-order valence-electron chi connectivity index (χ2n) is 5.90. The highest BCUT2D eigenvalue weighted by molar-refractivity contribution is 7.80. The van der Waals surface area contributed by atoms with Gasteiger partial charge >= 0.3 is 0 Å². The van der Waals surface area contributed by atoms with Gasteiger partial charge in [-0.1, -0.05) is 0 Å². The summed E-state index contributed by atoms with van der Waals surface area (Å²) in [5, 5.41) is 3.23. The Morgan fingerprint density at radius 2 is 1.75 bits per heavy atom. The number of piperazine rings is 1. The minimum atomic E-state index is -0.660. The molecule has 8 heteroatoms. The Kier molecular flexibility index (Phi) is 5.25. The quantitative estimate of drug-likeness (QED) is 0.822. The summed E-state index contributed by atoms with van der Waals surface area (Å²) in [5.41, 5.74) is 0.273. The molecule has 5 nitrogen and oxygen atoms in total. The Morgan fingerprint density at radius 1 is 1.12 bits per heavy atom. The zero-order valence-corrected chi connectivity index (χ0v) is 14.0. The molecule has 0 saturated carbocycles. The molecule has 0 aliphatic carbocycles. The van der Waals surface area contributed by atoms with E-state index < -0.39 is 11.6 Å². The lowest BCUT2D eigenvalue weighted by molar-refractivity contribution is -0.142. The fourth-order valence-corrected chi connectivity index (χ4v) is 3.23. The molecule has 2 heterocycles. The molecule has 0 unspecified atom stereocenters. The zero-order valence-electron chi connectivity index (χ0n) is 13.1. The van der Waals surface area contributed by atoms with E-state index in [-0.39, 0.29) is 17.7 Å². The number of nitrogens with one attached hydrogen (secondary N) is 1. The number of halogens is 2. The van der Waals surface area contributed by atoms with Gasteiger partial charge in [0.05, 0.1) is 0 Å². The van der Waals surface area contributed by atoms with Gasteiger partial charge in [-0.15, -0.1) is 0 Å². The van der Waals surface area contributed by atoms with E-state index in [4.69, 9.17) is 17.0 Å². The van der Waals surface area contributed by atoms with Crippen LogP contribution < -0.4 is 5.32 Å². The lowest BCUT2D eigenvalue weighted by Gasteiger charge is -2.37. The molecule has 0 bridgehead atoms. The summed E-state index contributed by atoms with van der Waals surface area (Å²) in [4.78, 5) is 16.0. The number of carbonyl (C=O) groups is 1. The molecular formula is C16H19F2N3O2S. The predicted octanol–water partition coefficient (Wildman–Crippen LogP) is 1.98. The topological polar surface area (TPSA) is 44.8 Å². The molecule has 1 aromatic carbocycles. The van der Waals surface area contributed by atoms with Crippen molar-refractivity contribution in [3.05, 3.63) is 29.8 Å². The highest BCUT2D eigenvalue weighted by Gasteiger charge is 2.30. The van der Waals surface area contributed by atoms with Crippen LogP contribution in [-0.4, -0.2) is 59.7 Å². The molecule has 2 aliphatic heterocycles. The van der Waals surface area contributed by atoms with Crippen molar-refractivity contribution in [2.45, 2.75) is 18.9 Å². The summed E-state index contributed by atoms with van der Waals surface area (Å²) in [6.07, 6.45) is 1.40. The lowest BCUT2D eigenvalue weighted by Crippen LogP contribution is -2.53. The molecule has 1 amide bonds. The number of nitrogens with zero attached hydrogens (tertiary/aromatic N) is 2. The molecule has 0 aromatic heterocycles. The number of anilines is 1.